The normalized spacial score (nSPS) is 23.1. The minimum atomic E-state index is 0.547. The van der Waals surface area contributed by atoms with Crippen LogP contribution in [0.4, 0.5) is 0 Å². The van der Waals surface area contributed by atoms with Gasteiger partial charge in [0.15, 0.2) is 0 Å². The Morgan fingerprint density at radius 3 is 2.73 bits per heavy atom. The summed E-state index contributed by atoms with van der Waals surface area (Å²) in [6.07, 6.45) is 2.43. The van der Waals surface area contributed by atoms with Gasteiger partial charge in [-0.05, 0) is 75.5 Å². The molecule has 0 saturated carbocycles. The molecule has 1 nitrogen and oxygen atoms in total. The predicted octanol–water partition coefficient (Wildman–Crippen LogP) is 4.61. The van der Waals surface area contributed by atoms with Gasteiger partial charge in [-0.15, -0.1) is 0 Å². The lowest BCUT2D eigenvalue weighted by Gasteiger charge is -2.21. The van der Waals surface area contributed by atoms with Crippen LogP contribution in [0.15, 0.2) is 42.5 Å². The molecule has 106 valence electrons. The summed E-state index contributed by atoms with van der Waals surface area (Å²) in [5, 5.41) is 6.71. The van der Waals surface area contributed by atoms with Gasteiger partial charge < -0.3 is 0 Å². The molecule has 1 heteroatoms. The van der Waals surface area contributed by atoms with Crippen molar-refractivity contribution in [2.24, 2.45) is 0 Å². The van der Waals surface area contributed by atoms with E-state index in [1.165, 1.54) is 40.5 Å². The summed E-state index contributed by atoms with van der Waals surface area (Å²) in [6, 6.07) is 17.1. The quantitative estimate of drug-likeness (QED) is 0.598. The molecule has 1 fully saturated rings. The molecule has 1 aliphatic heterocycles. The summed E-state index contributed by atoms with van der Waals surface area (Å²) in [5.74, 6) is 0. The zero-order valence-electron chi connectivity index (χ0n) is 12.6. The first-order valence-corrected chi connectivity index (χ1v) is 8.26. The third-order valence-electron chi connectivity index (χ3n) is 5.90. The number of nitrogens with one attached hydrogen (secondary N) is 1. The number of rotatable bonds is 0. The first-order valence-electron chi connectivity index (χ1n) is 8.26. The highest BCUT2D eigenvalue weighted by molar-refractivity contribution is 5.98. The second-order valence-electron chi connectivity index (χ2n) is 6.98. The summed E-state index contributed by atoms with van der Waals surface area (Å²) < 4.78 is 0. The highest BCUT2D eigenvalue weighted by Gasteiger charge is 2.46. The summed E-state index contributed by atoms with van der Waals surface area (Å²) in [7, 11) is 0. The van der Waals surface area contributed by atoms with Gasteiger partial charge in [-0.1, -0.05) is 36.4 Å². The van der Waals surface area contributed by atoms with Crippen molar-refractivity contribution >= 4 is 10.8 Å². The second-order valence-corrected chi connectivity index (χ2v) is 6.98. The minimum Gasteiger partial charge on any atom is -0.300 e. The minimum absolute atomic E-state index is 0.547. The average Bonchev–Trinajstić information content (AvgIpc) is 3.22. The fourth-order valence-corrected chi connectivity index (χ4v) is 4.86. The Labute approximate surface area is 130 Å². The molecule has 3 aliphatic rings. The SMILES string of the molecule is Cc1ccc2cc3c(c4c2c1CC4)C1NC1c1ccccc1-3. The monoisotopic (exact) mass is 283 g/mol. The molecule has 2 atom stereocenters. The van der Waals surface area contributed by atoms with Gasteiger partial charge >= 0.3 is 0 Å². The van der Waals surface area contributed by atoms with Crippen molar-refractivity contribution in [1.82, 2.24) is 5.32 Å². The molecule has 0 aromatic heterocycles. The van der Waals surface area contributed by atoms with Crippen LogP contribution < -0.4 is 5.32 Å². The maximum Gasteiger partial charge on any atom is 0.0533 e. The zero-order chi connectivity index (χ0) is 14.4. The van der Waals surface area contributed by atoms with E-state index in [0.29, 0.717) is 12.1 Å². The highest BCUT2D eigenvalue weighted by Crippen LogP contribution is 2.56. The Bertz CT molecular complexity index is 983. The molecule has 3 aromatic carbocycles. The fourth-order valence-electron chi connectivity index (χ4n) is 4.86. The number of aryl methyl sites for hydroxylation is 3. The molecule has 1 N–H and O–H groups in total. The lowest BCUT2D eigenvalue weighted by molar-refractivity contribution is 0.947. The maximum absolute atomic E-state index is 3.72. The molecule has 2 unspecified atom stereocenters. The van der Waals surface area contributed by atoms with Gasteiger partial charge in [0, 0.05) is 0 Å². The van der Waals surface area contributed by atoms with Gasteiger partial charge in [0.2, 0.25) is 0 Å². The van der Waals surface area contributed by atoms with Crippen LogP contribution in [0.2, 0.25) is 0 Å². The van der Waals surface area contributed by atoms with Gasteiger partial charge in [0.25, 0.3) is 0 Å². The van der Waals surface area contributed by atoms with E-state index in [9.17, 15) is 0 Å². The van der Waals surface area contributed by atoms with E-state index in [2.05, 4.69) is 54.7 Å². The van der Waals surface area contributed by atoms with Crippen molar-refractivity contribution in [3.8, 4) is 11.1 Å². The largest absolute Gasteiger partial charge is 0.300 e. The predicted molar refractivity (Wildman–Crippen MR) is 90.1 cm³/mol. The molecule has 2 aliphatic carbocycles. The number of benzene rings is 3. The first-order chi connectivity index (χ1) is 10.8. The molecule has 3 aromatic rings. The van der Waals surface area contributed by atoms with E-state index in [0.717, 1.165) is 0 Å². The lowest BCUT2D eigenvalue weighted by atomic mass is 9.81. The van der Waals surface area contributed by atoms with E-state index in [1.54, 1.807) is 22.1 Å². The number of fused-ring (bicyclic) bond motifs is 7. The van der Waals surface area contributed by atoms with Crippen LogP contribution in [0.3, 0.4) is 0 Å². The standard InChI is InChI=1S/C21H17N/c1-11-6-7-12-10-17-14-4-2-3-5-15(14)20-21(22-20)19(17)16-9-8-13(11)18(12)16/h2-7,10,20-22H,8-9H2,1H3. The maximum atomic E-state index is 3.72. The van der Waals surface area contributed by atoms with Crippen LogP contribution in [-0.2, 0) is 12.8 Å². The van der Waals surface area contributed by atoms with E-state index >= 15 is 0 Å². The molecule has 1 heterocycles. The molecule has 22 heavy (non-hydrogen) atoms. The van der Waals surface area contributed by atoms with E-state index in [4.69, 9.17) is 0 Å². The van der Waals surface area contributed by atoms with Crippen LogP contribution in [0, 0.1) is 6.92 Å². The van der Waals surface area contributed by atoms with Gasteiger partial charge in [0.05, 0.1) is 12.1 Å². The fraction of sp³-hybridized carbons (Fsp3) is 0.238. The van der Waals surface area contributed by atoms with Gasteiger partial charge in [-0.2, -0.15) is 0 Å². The van der Waals surface area contributed by atoms with Crippen molar-refractivity contribution in [3.05, 3.63) is 70.3 Å². The second kappa shape index (κ2) is 3.61. The van der Waals surface area contributed by atoms with Gasteiger partial charge in [-0.3, -0.25) is 5.32 Å². The van der Waals surface area contributed by atoms with Crippen LogP contribution >= 0.6 is 0 Å². The van der Waals surface area contributed by atoms with Crippen molar-refractivity contribution in [3.63, 3.8) is 0 Å². The Hall–Kier alpha value is -2.12. The Morgan fingerprint density at radius 1 is 0.909 bits per heavy atom. The zero-order valence-corrected chi connectivity index (χ0v) is 12.6. The third kappa shape index (κ3) is 1.21. The molecule has 0 radical (unpaired) electrons. The lowest BCUT2D eigenvalue weighted by Crippen LogP contribution is -2.03. The van der Waals surface area contributed by atoms with Crippen molar-refractivity contribution in [1.29, 1.82) is 0 Å². The highest BCUT2D eigenvalue weighted by atomic mass is 15.2. The molecule has 6 rings (SSSR count). The summed E-state index contributed by atoms with van der Waals surface area (Å²) in [5.41, 5.74) is 10.7. The van der Waals surface area contributed by atoms with Crippen molar-refractivity contribution in [2.45, 2.75) is 31.8 Å². The number of hydrogen-bond acceptors (Lipinski definition) is 1. The molecule has 0 spiro atoms. The summed E-state index contributed by atoms with van der Waals surface area (Å²) in [6.45, 7) is 2.26. The van der Waals surface area contributed by atoms with Crippen LogP contribution in [0.5, 0.6) is 0 Å². The molecule has 0 bridgehead atoms. The number of hydrogen-bond donors (Lipinski definition) is 1. The Morgan fingerprint density at radius 2 is 1.77 bits per heavy atom. The van der Waals surface area contributed by atoms with E-state index in [-0.39, 0.29) is 0 Å². The van der Waals surface area contributed by atoms with Crippen LogP contribution in [0.25, 0.3) is 21.9 Å². The smallest absolute Gasteiger partial charge is 0.0533 e. The third-order valence-corrected chi connectivity index (χ3v) is 5.90. The van der Waals surface area contributed by atoms with Crippen LogP contribution in [0.1, 0.15) is 39.9 Å². The summed E-state index contributed by atoms with van der Waals surface area (Å²) in [4.78, 5) is 0. The van der Waals surface area contributed by atoms with Crippen molar-refractivity contribution < 1.29 is 0 Å². The Kier molecular flexibility index (Phi) is 1.88. The molecule has 1 saturated heterocycles. The molecular formula is C21H17N. The van der Waals surface area contributed by atoms with Gasteiger partial charge in [-0.25, -0.2) is 0 Å². The molecule has 0 amide bonds. The topological polar surface area (TPSA) is 21.9 Å². The first kappa shape index (κ1) is 11.4. The molecular weight excluding hydrogens is 266 g/mol. The average molecular weight is 283 g/mol. The van der Waals surface area contributed by atoms with Crippen molar-refractivity contribution in [2.75, 3.05) is 0 Å². The van der Waals surface area contributed by atoms with E-state index in [1.807, 2.05) is 0 Å². The summed E-state index contributed by atoms with van der Waals surface area (Å²) >= 11 is 0. The Balaban J connectivity index is 1.80. The van der Waals surface area contributed by atoms with Gasteiger partial charge in [0.1, 0.15) is 0 Å². The van der Waals surface area contributed by atoms with Crippen LogP contribution in [-0.4, -0.2) is 0 Å². The van der Waals surface area contributed by atoms with E-state index < -0.39 is 0 Å².